The van der Waals surface area contributed by atoms with Crippen LogP contribution in [0.4, 0.5) is 4.39 Å². The average Bonchev–Trinajstić information content (AvgIpc) is 3.13. The molecule has 1 atom stereocenters. The molecule has 0 radical (unpaired) electrons. The first-order valence-electron chi connectivity index (χ1n) is 10.5. The van der Waals surface area contributed by atoms with Crippen LogP contribution in [-0.2, 0) is 14.9 Å². The number of ether oxygens (including phenoxy) is 2. The Kier molecular flexibility index (Phi) is 7.68. The summed E-state index contributed by atoms with van der Waals surface area (Å²) in [4.78, 5) is 7.36. The molecule has 2 fully saturated rings. The normalized spacial score (nSPS) is 21.6. The molecule has 0 bridgehead atoms. The van der Waals surface area contributed by atoms with Gasteiger partial charge in [-0.2, -0.15) is 0 Å². The maximum absolute atomic E-state index is 13.3. The van der Waals surface area contributed by atoms with Gasteiger partial charge in [0.2, 0.25) is 0 Å². The van der Waals surface area contributed by atoms with Gasteiger partial charge in [-0.15, -0.1) is 0 Å². The van der Waals surface area contributed by atoms with Crippen LogP contribution in [0.25, 0.3) is 0 Å². The summed E-state index contributed by atoms with van der Waals surface area (Å²) in [6.07, 6.45) is 4.59. The third-order valence-corrected chi connectivity index (χ3v) is 6.00. The quantitative estimate of drug-likeness (QED) is 0.399. The maximum atomic E-state index is 13.3. The van der Waals surface area contributed by atoms with Crippen molar-refractivity contribution in [3.8, 4) is 0 Å². The highest BCUT2D eigenvalue weighted by atomic mass is 19.1. The van der Waals surface area contributed by atoms with E-state index in [0.717, 1.165) is 58.0 Å². The monoisotopic (exact) mass is 391 g/mol. The molecule has 1 aliphatic heterocycles. The molecular formula is C22H34FN3O2. The largest absolute Gasteiger partial charge is 0.382 e. The Labute approximate surface area is 168 Å². The number of halogens is 1. The predicted molar refractivity (Wildman–Crippen MR) is 110 cm³/mol. The molecule has 0 aromatic heterocycles. The van der Waals surface area contributed by atoms with Gasteiger partial charge < -0.3 is 19.7 Å². The van der Waals surface area contributed by atoms with Gasteiger partial charge >= 0.3 is 0 Å². The molecule has 1 heterocycles. The van der Waals surface area contributed by atoms with E-state index in [1.165, 1.54) is 12.0 Å². The third-order valence-electron chi connectivity index (χ3n) is 6.00. The number of rotatable bonds is 9. The lowest BCUT2D eigenvalue weighted by Crippen LogP contribution is -2.43. The molecule has 1 aliphatic carbocycles. The van der Waals surface area contributed by atoms with E-state index in [2.05, 4.69) is 17.1 Å². The first-order valence-corrected chi connectivity index (χ1v) is 10.5. The highest BCUT2D eigenvalue weighted by Crippen LogP contribution is 2.44. The molecule has 0 spiro atoms. The molecule has 1 aromatic rings. The van der Waals surface area contributed by atoms with Crippen molar-refractivity contribution in [2.45, 2.75) is 38.0 Å². The van der Waals surface area contributed by atoms with Gasteiger partial charge in [0.1, 0.15) is 5.82 Å². The van der Waals surface area contributed by atoms with Crippen LogP contribution < -0.4 is 5.32 Å². The van der Waals surface area contributed by atoms with Crippen molar-refractivity contribution >= 4 is 5.96 Å². The maximum Gasteiger partial charge on any atom is 0.193 e. The van der Waals surface area contributed by atoms with Gasteiger partial charge in [0, 0.05) is 38.1 Å². The van der Waals surface area contributed by atoms with Crippen LogP contribution in [0.1, 0.15) is 38.2 Å². The van der Waals surface area contributed by atoms with E-state index < -0.39 is 0 Å². The number of hydrogen-bond acceptors (Lipinski definition) is 3. The number of aliphatic imine (C=N–C) groups is 1. The van der Waals surface area contributed by atoms with E-state index in [-0.39, 0.29) is 11.2 Å². The first-order chi connectivity index (χ1) is 13.7. The molecule has 156 valence electrons. The number of guanidine groups is 1. The van der Waals surface area contributed by atoms with Crippen molar-refractivity contribution in [1.29, 1.82) is 0 Å². The Morgan fingerprint density at radius 2 is 2.07 bits per heavy atom. The van der Waals surface area contributed by atoms with E-state index in [1.54, 1.807) is 19.2 Å². The first kappa shape index (κ1) is 21.1. The van der Waals surface area contributed by atoms with E-state index in [0.29, 0.717) is 19.1 Å². The van der Waals surface area contributed by atoms with Crippen LogP contribution in [0, 0.1) is 11.7 Å². The molecule has 3 rings (SSSR count). The topological polar surface area (TPSA) is 46.1 Å². The molecule has 1 aromatic carbocycles. The van der Waals surface area contributed by atoms with Gasteiger partial charge in [-0.1, -0.05) is 18.6 Å². The molecule has 6 heteroatoms. The molecule has 1 N–H and O–H groups in total. The Bertz CT molecular complexity index is 631. The van der Waals surface area contributed by atoms with Gasteiger partial charge in [0.05, 0.1) is 26.4 Å². The van der Waals surface area contributed by atoms with Crippen LogP contribution in [0.15, 0.2) is 29.3 Å². The number of likely N-dealkylation sites (tertiary alicyclic amines) is 1. The molecular weight excluding hydrogens is 357 g/mol. The zero-order valence-electron chi connectivity index (χ0n) is 17.3. The van der Waals surface area contributed by atoms with Gasteiger partial charge in [-0.25, -0.2) is 4.39 Å². The second-order valence-electron chi connectivity index (χ2n) is 7.98. The van der Waals surface area contributed by atoms with Gasteiger partial charge in [-0.05, 0) is 43.9 Å². The number of methoxy groups -OCH3 is 1. The highest BCUT2D eigenvalue weighted by molar-refractivity contribution is 5.80. The van der Waals surface area contributed by atoms with Gasteiger partial charge in [0.15, 0.2) is 5.96 Å². The zero-order valence-corrected chi connectivity index (χ0v) is 17.3. The molecule has 1 saturated carbocycles. The fraction of sp³-hybridized carbons (Fsp3) is 0.682. The van der Waals surface area contributed by atoms with Crippen LogP contribution >= 0.6 is 0 Å². The summed E-state index contributed by atoms with van der Waals surface area (Å²) in [7, 11) is 1.70. The summed E-state index contributed by atoms with van der Waals surface area (Å²) in [5.74, 6) is 1.36. The minimum absolute atomic E-state index is 0.0662. The summed E-state index contributed by atoms with van der Waals surface area (Å²) in [5, 5.41) is 3.46. The number of hydrogen-bond donors (Lipinski definition) is 1. The molecule has 5 nitrogen and oxygen atoms in total. The molecule has 28 heavy (non-hydrogen) atoms. The van der Waals surface area contributed by atoms with E-state index >= 15 is 0 Å². The van der Waals surface area contributed by atoms with Crippen LogP contribution in [-0.4, -0.2) is 64.0 Å². The van der Waals surface area contributed by atoms with Gasteiger partial charge in [-0.3, -0.25) is 4.99 Å². The fourth-order valence-corrected chi connectivity index (χ4v) is 4.15. The Balaban J connectivity index is 1.60. The Hall–Kier alpha value is -1.66. The van der Waals surface area contributed by atoms with Crippen molar-refractivity contribution in [2.24, 2.45) is 10.9 Å². The van der Waals surface area contributed by atoms with Gasteiger partial charge in [0.25, 0.3) is 0 Å². The smallest absolute Gasteiger partial charge is 0.193 e. The third kappa shape index (κ3) is 5.23. The Morgan fingerprint density at radius 1 is 1.29 bits per heavy atom. The van der Waals surface area contributed by atoms with Crippen molar-refractivity contribution in [3.63, 3.8) is 0 Å². The standard InChI is InChI=1S/C22H34FN3O2/c1-3-24-21(26-12-9-18(15-26)16-28-14-13-27-2)25-17-22(10-4-11-22)19-5-7-20(23)8-6-19/h5-8,18H,3-4,9-17H2,1-2H3,(H,24,25). The van der Waals surface area contributed by atoms with Crippen molar-refractivity contribution < 1.29 is 13.9 Å². The molecule has 1 unspecified atom stereocenters. The van der Waals surface area contributed by atoms with Crippen LogP contribution in [0.5, 0.6) is 0 Å². The van der Waals surface area contributed by atoms with Crippen LogP contribution in [0.3, 0.4) is 0 Å². The number of nitrogens with one attached hydrogen (secondary N) is 1. The summed E-state index contributed by atoms with van der Waals surface area (Å²) >= 11 is 0. The van der Waals surface area contributed by atoms with E-state index in [9.17, 15) is 4.39 Å². The lowest BCUT2D eigenvalue weighted by atomic mass is 9.64. The average molecular weight is 392 g/mol. The zero-order chi connectivity index (χ0) is 19.8. The summed E-state index contributed by atoms with van der Waals surface area (Å²) < 4.78 is 24.1. The number of nitrogens with zero attached hydrogens (tertiary/aromatic N) is 2. The highest BCUT2D eigenvalue weighted by Gasteiger charge is 2.39. The Morgan fingerprint density at radius 3 is 2.71 bits per heavy atom. The van der Waals surface area contributed by atoms with Crippen molar-refractivity contribution in [1.82, 2.24) is 10.2 Å². The summed E-state index contributed by atoms with van der Waals surface area (Å²) in [5.41, 5.74) is 1.28. The lowest BCUT2D eigenvalue weighted by molar-refractivity contribution is 0.0536. The van der Waals surface area contributed by atoms with Crippen molar-refractivity contribution in [2.75, 3.05) is 53.1 Å². The van der Waals surface area contributed by atoms with E-state index in [4.69, 9.17) is 14.5 Å². The predicted octanol–water partition coefficient (Wildman–Crippen LogP) is 3.20. The molecule has 1 saturated heterocycles. The lowest BCUT2D eigenvalue weighted by Gasteiger charge is -2.41. The second kappa shape index (κ2) is 10.2. The van der Waals surface area contributed by atoms with Crippen molar-refractivity contribution in [3.05, 3.63) is 35.6 Å². The second-order valence-corrected chi connectivity index (χ2v) is 7.98. The molecule has 0 amide bonds. The summed E-state index contributed by atoms with van der Waals surface area (Å²) in [6.45, 7) is 7.78. The van der Waals surface area contributed by atoms with E-state index in [1.807, 2.05) is 12.1 Å². The minimum Gasteiger partial charge on any atom is -0.382 e. The molecule has 2 aliphatic rings. The fourth-order valence-electron chi connectivity index (χ4n) is 4.15. The van der Waals surface area contributed by atoms with Crippen LogP contribution in [0.2, 0.25) is 0 Å². The number of benzene rings is 1. The SMILES string of the molecule is CCNC(=NCC1(c2ccc(F)cc2)CCC1)N1CCC(COCCOC)C1. The summed E-state index contributed by atoms with van der Waals surface area (Å²) in [6, 6.07) is 7.00. The minimum atomic E-state index is -0.175.